The fraction of sp³-hybridized carbons (Fsp3) is 0.600. The molecule has 0 spiro atoms. The number of carbonyl (C=O) groups excluding carboxylic acids is 1. The first-order chi connectivity index (χ1) is 5.97. The number of allylic oxidation sites excluding steroid dienone is 1. The molecule has 0 saturated carbocycles. The predicted molar refractivity (Wildman–Crippen MR) is 50.4 cm³/mol. The van der Waals surface area contributed by atoms with Gasteiger partial charge in [0.25, 0.3) is 0 Å². The highest BCUT2D eigenvalue weighted by molar-refractivity contribution is 5.85. The van der Waals surface area contributed by atoms with E-state index in [9.17, 15) is 9.59 Å². The molecule has 13 heavy (non-hydrogen) atoms. The van der Waals surface area contributed by atoms with Crippen molar-refractivity contribution in [2.45, 2.75) is 27.2 Å². The van der Waals surface area contributed by atoms with Gasteiger partial charge in [0.2, 0.25) is 0 Å². The van der Waals surface area contributed by atoms with E-state index in [1.807, 2.05) is 13.8 Å². The summed E-state index contributed by atoms with van der Waals surface area (Å²) in [6.07, 6.45) is 3.27. The van der Waals surface area contributed by atoms with Crippen LogP contribution in [-0.2, 0) is 9.59 Å². The lowest BCUT2D eigenvalue weighted by Crippen LogP contribution is -2.04. The first kappa shape index (κ1) is 11.9. The summed E-state index contributed by atoms with van der Waals surface area (Å²) in [6, 6.07) is 0. The van der Waals surface area contributed by atoms with Crippen LogP contribution in [-0.4, -0.2) is 17.4 Å². The number of hydrogen-bond acceptors (Lipinski definition) is 2. The lowest BCUT2D eigenvalue weighted by Gasteiger charge is -2.08. The Morgan fingerprint density at radius 1 is 1.38 bits per heavy atom. The number of carbonyl (C=O) groups is 2. The highest BCUT2D eigenvalue weighted by Gasteiger charge is 2.07. The van der Waals surface area contributed by atoms with E-state index < -0.39 is 5.97 Å². The standard InChI is InChI=1S/C10H16O3/c1-7(4-8(2)6-11)5-9(3)10(12)13/h5-8H,4H2,1-3H3,(H,12,13)/b9-5+/t7-,8+/m0/s1. The number of hydrogen-bond donors (Lipinski definition) is 1. The minimum Gasteiger partial charge on any atom is -0.478 e. The molecule has 0 aliphatic rings. The normalized spacial score (nSPS) is 16.4. The molecule has 0 bridgehead atoms. The van der Waals surface area contributed by atoms with Gasteiger partial charge in [0, 0.05) is 11.5 Å². The molecule has 74 valence electrons. The third-order valence-corrected chi connectivity index (χ3v) is 1.85. The predicted octanol–water partition coefficient (Wildman–Crippen LogP) is 1.88. The summed E-state index contributed by atoms with van der Waals surface area (Å²) >= 11 is 0. The van der Waals surface area contributed by atoms with E-state index in [1.54, 1.807) is 13.0 Å². The Morgan fingerprint density at radius 3 is 2.31 bits per heavy atom. The second-order valence-electron chi connectivity index (χ2n) is 3.48. The van der Waals surface area contributed by atoms with Gasteiger partial charge < -0.3 is 9.90 Å². The van der Waals surface area contributed by atoms with Crippen molar-refractivity contribution in [1.82, 2.24) is 0 Å². The van der Waals surface area contributed by atoms with Crippen molar-refractivity contribution < 1.29 is 14.7 Å². The van der Waals surface area contributed by atoms with Crippen LogP contribution in [0.5, 0.6) is 0 Å². The molecule has 0 heterocycles. The molecule has 0 aliphatic heterocycles. The molecule has 0 unspecified atom stereocenters. The minimum absolute atomic E-state index is 0.00663. The van der Waals surface area contributed by atoms with E-state index in [2.05, 4.69) is 0 Å². The number of aldehydes is 1. The van der Waals surface area contributed by atoms with Crippen molar-refractivity contribution >= 4 is 12.3 Å². The van der Waals surface area contributed by atoms with Gasteiger partial charge in [-0.15, -0.1) is 0 Å². The smallest absolute Gasteiger partial charge is 0.330 e. The van der Waals surface area contributed by atoms with E-state index in [0.717, 1.165) is 6.29 Å². The SMILES string of the molecule is C/C(=C\[C@@H](C)C[C@@H](C)C=O)C(=O)O. The Balaban J connectivity index is 4.13. The van der Waals surface area contributed by atoms with E-state index in [1.165, 1.54) is 0 Å². The topological polar surface area (TPSA) is 54.4 Å². The van der Waals surface area contributed by atoms with Crippen LogP contribution in [0, 0.1) is 11.8 Å². The first-order valence-electron chi connectivity index (χ1n) is 4.34. The highest BCUT2D eigenvalue weighted by Crippen LogP contribution is 2.13. The van der Waals surface area contributed by atoms with Crippen molar-refractivity contribution in [1.29, 1.82) is 0 Å². The Labute approximate surface area is 78.5 Å². The van der Waals surface area contributed by atoms with Gasteiger partial charge in [-0.05, 0) is 19.3 Å². The molecular formula is C10H16O3. The van der Waals surface area contributed by atoms with E-state index in [-0.39, 0.29) is 11.8 Å². The van der Waals surface area contributed by atoms with Gasteiger partial charge >= 0.3 is 5.97 Å². The minimum atomic E-state index is -0.898. The fourth-order valence-electron chi connectivity index (χ4n) is 1.21. The van der Waals surface area contributed by atoms with Gasteiger partial charge in [-0.2, -0.15) is 0 Å². The molecule has 3 nitrogen and oxygen atoms in total. The summed E-state index contributed by atoms with van der Waals surface area (Å²) in [5.41, 5.74) is 0.339. The van der Waals surface area contributed by atoms with Gasteiger partial charge in [0.15, 0.2) is 0 Å². The maximum absolute atomic E-state index is 10.5. The summed E-state index contributed by atoms with van der Waals surface area (Å²) in [5, 5.41) is 8.58. The second kappa shape index (κ2) is 5.51. The molecule has 0 saturated heterocycles. The van der Waals surface area contributed by atoms with Crippen LogP contribution >= 0.6 is 0 Å². The van der Waals surface area contributed by atoms with Gasteiger partial charge in [0.05, 0.1) is 0 Å². The first-order valence-corrected chi connectivity index (χ1v) is 4.34. The number of aliphatic carboxylic acids is 1. The zero-order chi connectivity index (χ0) is 10.4. The Kier molecular flexibility index (Phi) is 5.04. The van der Waals surface area contributed by atoms with E-state index in [0.29, 0.717) is 12.0 Å². The zero-order valence-corrected chi connectivity index (χ0v) is 8.28. The van der Waals surface area contributed by atoms with E-state index in [4.69, 9.17) is 5.11 Å². The van der Waals surface area contributed by atoms with Crippen LogP contribution in [0.15, 0.2) is 11.6 Å². The fourth-order valence-corrected chi connectivity index (χ4v) is 1.21. The third-order valence-electron chi connectivity index (χ3n) is 1.85. The third kappa shape index (κ3) is 5.17. The largest absolute Gasteiger partial charge is 0.478 e. The average molecular weight is 184 g/mol. The quantitative estimate of drug-likeness (QED) is 0.524. The van der Waals surface area contributed by atoms with E-state index >= 15 is 0 Å². The molecule has 0 radical (unpaired) electrons. The monoisotopic (exact) mass is 184 g/mol. The van der Waals surface area contributed by atoms with Gasteiger partial charge in [-0.3, -0.25) is 0 Å². The zero-order valence-electron chi connectivity index (χ0n) is 8.28. The van der Waals surface area contributed by atoms with Gasteiger partial charge in [0.1, 0.15) is 6.29 Å². The van der Waals surface area contributed by atoms with Crippen molar-refractivity contribution in [3.05, 3.63) is 11.6 Å². The highest BCUT2D eigenvalue weighted by atomic mass is 16.4. The Morgan fingerprint density at radius 2 is 1.92 bits per heavy atom. The summed E-state index contributed by atoms with van der Waals surface area (Å²) in [6.45, 7) is 5.30. The van der Waals surface area contributed by atoms with Crippen LogP contribution in [0.1, 0.15) is 27.2 Å². The molecular weight excluding hydrogens is 168 g/mol. The molecule has 2 atom stereocenters. The summed E-state index contributed by atoms with van der Waals surface area (Å²) in [5.74, 6) is -0.769. The number of carboxylic acids is 1. The molecule has 3 heteroatoms. The average Bonchev–Trinajstić information content (AvgIpc) is 2.03. The number of rotatable bonds is 5. The Hall–Kier alpha value is -1.12. The van der Waals surface area contributed by atoms with Crippen LogP contribution in [0.4, 0.5) is 0 Å². The summed E-state index contributed by atoms with van der Waals surface area (Å²) < 4.78 is 0. The summed E-state index contributed by atoms with van der Waals surface area (Å²) in [4.78, 5) is 20.8. The molecule has 1 N–H and O–H groups in total. The molecule has 0 aromatic heterocycles. The van der Waals surface area contributed by atoms with Crippen LogP contribution in [0.2, 0.25) is 0 Å². The van der Waals surface area contributed by atoms with Crippen molar-refractivity contribution in [2.75, 3.05) is 0 Å². The van der Waals surface area contributed by atoms with Gasteiger partial charge in [-0.1, -0.05) is 19.9 Å². The maximum Gasteiger partial charge on any atom is 0.330 e. The Bertz CT molecular complexity index is 218. The van der Waals surface area contributed by atoms with Crippen molar-refractivity contribution in [3.8, 4) is 0 Å². The molecule has 0 rings (SSSR count). The van der Waals surface area contributed by atoms with Crippen molar-refractivity contribution in [2.24, 2.45) is 11.8 Å². The van der Waals surface area contributed by atoms with Crippen LogP contribution < -0.4 is 0 Å². The lowest BCUT2D eigenvalue weighted by atomic mass is 9.96. The summed E-state index contributed by atoms with van der Waals surface area (Å²) in [7, 11) is 0. The molecule has 0 aromatic rings. The second-order valence-corrected chi connectivity index (χ2v) is 3.48. The maximum atomic E-state index is 10.5. The van der Waals surface area contributed by atoms with Gasteiger partial charge in [-0.25, -0.2) is 4.79 Å². The molecule has 0 amide bonds. The van der Waals surface area contributed by atoms with Crippen LogP contribution in [0.25, 0.3) is 0 Å². The van der Waals surface area contributed by atoms with Crippen molar-refractivity contribution in [3.63, 3.8) is 0 Å². The number of carboxylic acid groups (broad SMARTS) is 1. The molecule has 0 aromatic carbocycles. The lowest BCUT2D eigenvalue weighted by molar-refractivity contribution is -0.132. The molecule has 0 aliphatic carbocycles. The molecule has 0 fully saturated rings. The van der Waals surface area contributed by atoms with Crippen LogP contribution in [0.3, 0.4) is 0 Å².